The Morgan fingerprint density at radius 2 is 1.19 bits per heavy atom. The lowest BCUT2D eigenvalue weighted by Crippen LogP contribution is -2.74. The van der Waals surface area contributed by atoms with Crippen LogP contribution in [0.25, 0.3) is 0 Å². The molecule has 4 saturated carbocycles. The Bertz CT molecular complexity index is 2390. The monoisotopic (exact) mass is 1220 g/mol. The summed E-state index contributed by atoms with van der Waals surface area (Å²) in [5, 5.41) is 169. The van der Waals surface area contributed by atoms with Crippen LogP contribution >= 0.6 is 0 Å². The molecule has 32 atom stereocenters. The second-order valence-electron chi connectivity index (χ2n) is 28.4. The van der Waals surface area contributed by atoms with E-state index in [1.54, 1.807) is 6.92 Å². The van der Waals surface area contributed by atoms with Crippen LogP contribution in [0.5, 0.6) is 0 Å². The first-order chi connectivity index (χ1) is 39.6. The summed E-state index contributed by atoms with van der Waals surface area (Å²) in [6.07, 6.45) is -36.8. The van der Waals surface area contributed by atoms with E-state index in [0.29, 0.717) is 44.9 Å². The van der Waals surface area contributed by atoms with Crippen LogP contribution in [0.1, 0.15) is 121 Å². The highest BCUT2D eigenvalue weighted by molar-refractivity contribution is 5.73. The van der Waals surface area contributed by atoms with Crippen molar-refractivity contribution in [1.82, 2.24) is 0 Å². The first-order valence-corrected chi connectivity index (χ1v) is 30.3. The van der Waals surface area contributed by atoms with Gasteiger partial charge in [0.1, 0.15) is 92.1 Å². The van der Waals surface area contributed by atoms with Gasteiger partial charge >= 0.3 is 11.9 Å². The first kappa shape index (κ1) is 67.2. The van der Waals surface area contributed by atoms with Crippen molar-refractivity contribution in [2.75, 3.05) is 19.8 Å². The van der Waals surface area contributed by atoms with Crippen LogP contribution in [0.3, 0.4) is 0 Å². The van der Waals surface area contributed by atoms with Gasteiger partial charge in [-0.2, -0.15) is 0 Å². The molecular formula is C59H96O26. The number of aliphatic carboxylic acids is 1. The number of allylic oxidation sites excluding steroid dienone is 1. The third-order valence-corrected chi connectivity index (χ3v) is 22.8. The summed E-state index contributed by atoms with van der Waals surface area (Å²) >= 11 is 0. The molecule has 0 radical (unpaired) electrons. The number of carboxylic acids is 1. The number of ether oxygens (including phenoxy) is 9. The smallest absolute Gasteiger partial charge is 0.335 e. The topological polar surface area (TPSA) is 421 Å². The molecule has 0 amide bonds. The van der Waals surface area contributed by atoms with Crippen molar-refractivity contribution in [2.24, 2.45) is 56.2 Å². The molecule has 0 unspecified atom stereocenters. The van der Waals surface area contributed by atoms with E-state index in [1.807, 2.05) is 27.7 Å². The number of carbonyl (C=O) groups excluding carboxylic acids is 1. The van der Waals surface area contributed by atoms with Crippen molar-refractivity contribution >= 4 is 11.9 Å². The van der Waals surface area contributed by atoms with E-state index in [-0.39, 0.29) is 30.3 Å². The Morgan fingerprint density at radius 1 is 0.624 bits per heavy atom. The van der Waals surface area contributed by atoms with Crippen molar-refractivity contribution < 1.29 is 129 Å². The minimum atomic E-state index is -2.28. The highest BCUT2D eigenvalue weighted by Gasteiger charge is 2.75. The van der Waals surface area contributed by atoms with Gasteiger partial charge in [-0.1, -0.05) is 74.0 Å². The van der Waals surface area contributed by atoms with Gasteiger partial charge in [-0.25, -0.2) is 4.79 Å². The van der Waals surface area contributed by atoms with Gasteiger partial charge in [-0.15, -0.1) is 0 Å². The van der Waals surface area contributed by atoms with Crippen LogP contribution in [-0.2, 0) is 52.2 Å². The maximum Gasteiger partial charge on any atom is 0.335 e. The molecule has 4 aliphatic heterocycles. The molecule has 0 spiro atoms. The van der Waals surface area contributed by atoms with E-state index in [9.17, 15) is 86.2 Å². The molecule has 26 nitrogen and oxygen atoms in total. The van der Waals surface area contributed by atoms with Crippen LogP contribution in [0, 0.1) is 56.2 Å². The lowest BCUT2D eigenvalue weighted by molar-refractivity contribution is -0.406. The second-order valence-corrected chi connectivity index (χ2v) is 28.4. The molecule has 85 heavy (non-hydrogen) atoms. The number of carbonyl (C=O) groups is 2. The van der Waals surface area contributed by atoms with Gasteiger partial charge < -0.3 is 119 Å². The summed E-state index contributed by atoms with van der Waals surface area (Å²) in [5.41, 5.74) is -3.87. The summed E-state index contributed by atoms with van der Waals surface area (Å²) in [7, 11) is 0. The molecule has 0 aromatic carbocycles. The molecule has 4 heterocycles. The first-order valence-electron chi connectivity index (χ1n) is 30.3. The van der Waals surface area contributed by atoms with Crippen LogP contribution in [0.15, 0.2) is 11.6 Å². The largest absolute Gasteiger partial charge is 0.479 e. The molecule has 4 saturated heterocycles. The molecule has 5 aliphatic carbocycles. The number of fused-ring (bicyclic) bond motifs is 7. The fraction of sp³-hybridized carbons (Fsp3) is 0.932. The van der Waals surface area contributed by atoms with Crippen LogP contribution in [0.2, 0.25) is 0 Å². The maximum atomic E-state index is 13.3. The van der Waals surface area contributed by atoms with Gasteiger partial charge in [0.15, 0.2) is 31.3 Å². The van der Waals surface area contributed by atoms with E-state index < -0.39 is 211 Å². The molecule has 0 aromatic heterocycles. The Labute approximate surface area is 494 Å². The maximum absolute atomic E-state index is 13.3. The van der Waals surface area contributed by atoms with Crippen LogP contribution in [0.4, 0.5) is 0 Å². The standard InChI is InChI=1S/C59H96O26/c1-11-23(2)49(76)77-22-59-26(18-54(4,5)19-31(59)62)25-12-13-30-56(8)16-15-32(55(6,7)29(56)14-17-57(30,9)58(25,10)46(72)47(59)73)81-53-45(85-51-40(70)37(67)34(64)27(20-60)79-51)42(41(71)43(83-53)48(74)75)82-52-44(38(68)35(65)28(21-61)80-52)84-50-39(69)36(66)33(63)24(3)78-50/h12,23-24,26-47,50-53,60-73H,11,13-22H2,1-10H3,(H,74,75)/t23-,24-,26-,27+,28+,29-,30+,31-,32-,33-,34+,35-,36+,37-,38-,39+,40+,41-,42-,43-,44+,45+,46-,47+,50-,51-,52-,53+,56-,57+,58-,59+/m0/s1. The van der Waals surface area contributed by atoms with Crippen LogP contribution < -0.4 is 0 Å². The van der Waals surface area contributed by atoms with Crippen molar-refractivity contribution in [3.63, 3.8) is 0 Å². The Balaban J connectivity index is 1.05. The zero-order valence-electron chi connectivity index (χ0n) is 50.2. The van der Waals surface area contributed by atoms with Gasteiger partial charge in [-0.3, -0.25) is 4.79 Å². The number of aliphatic hydroxyl groups is 14. The minimum Gasteiger partial charge on any atom is -0.479 e. The van der Waals surface area contributed by atoms with Crippen molar-refractivity contribution in [1.29, 1.82) is 0 Å². The molecule has 15 N–H and O–H groups in total. The number of aliphatic hydroxyl groups excluding tert-OH is 14. The number of carboxylic acid groups (broad SMARTS) is 1. The van der Waals surface area contributed by atoms with Crippen molar-refractivity contribution in [3.05, 3.63) is 11.6 Å². The predicted octanol–water partition coefficient (Wildman–Crippen LogP) is -1.93. The van der Waals surface area contributed by atoms with E-state index in [1.165, 1.54) is 6.92 Å². The highest BCUT2D eigenvalue weighted by Crippen LogP contribution is 2.76. The molecule has 8 fully saturated rings. The summed E-state index contributed by atoms with van der Waals surface area (Å²) < 4.78 is 55.0. The van der Waals surface area contributed by atoms with Gasteiger partial charge in [0, 0.05) is 5.41 Å². The van der Waals surface area contributed by atoms with Crippen LogP contribution in [-0.4, -0.2) is 256 Å². The fourth-order valence-electron chi connectivity index (χ4n) is 17.4. The van der Waals surface area contributed by atoms with E-state index in [2.05, 4.69) is 33.8 Å². The average molecular weight is 1220 g/mol. The lowest BCUT2D eigenvalue weighted by Gasteiger charge is -2.73. The molecule has 9 rings (SSSR count). The summed E-state index contributed by atoms with van der Waals surface area (Å²) in [4.78, 5) is 26.5. The van der Waals surface area contributed by atoms with E-state index in [4.69, 9.17) is 42.6 Å². The highest BCUT2D eigenvalue weighted by atomic mass is 16.8. The molecule has 26 heteroatoms. The molecule has 9 aliphatic rings. The van der Waals surface area contributed by atoms with Crippen molar-refractivity contribution in [2.45, 2.75) is 268 Å². The Morgan fingerprint density at radius 3 is 1.80 bits per heavy atom. The molecule has 0 aromatic rings. The van der Waals surface area contributed by atoms with Crippen molar-refractivity contribution in [3.8, 4) is 0 Å². The number of hydrogen-bond donors (Lipinski definition) is 15. The third-order valence-electron chi connectivity index (χ3n) is 22.8. The Hall–Kier alpha value is -2.20. The average Bonchev–Trinajstić information content (AvgIpc) is 0.698. The number of rotatable bonds is 15. The number of hydrogen-bond acceptors (Lipinski definition) is 25. The normalized spacial score (nSPS) is 52.5. The minimum absolute atomic E-state index is 0.122. The number of esters is 1. The molecule has 0 bridgehead atoms. The second kappa shape index (κ2) is 24.4. The summed E-state index contributed by atoms with van der Waals surface area (Å²) in [5.74, 6) is -3.34. The summed E-state index contributed by atoms with van der Waals surface area (Å²) in [6.45, 7) is 17.4. The van der Waals surface area contributed by atoms with Gasteiger partial charge in [-0.05, 0) is 97.7 Å². The zero-order valence-corrected chi connectivity index (χ0v) is 50.2. The van der Waals surface area contributed by atoms with Gasteiger partial charge in [0.25, 0.3) is 0 Å². The fourth-order valence-corrected chi connectivity index (χ4v) is 17.4. The molecule has 488 valence electrons. The third kappa shape index (κ3) is 11.0. The van der Waals surface area contributed by atoms with Gasteiger partial charge in [0.05, 0.1) is 55.1 Å². The SMILES string of the molecule is CC[C@H](C)C(=O)OC[C@@]12[C@H](O)[C@H](O)[C@]3(C)C(=CC[C@@H]4[C@@]5(C)CC[C@H](O[C@@H]6O[C@H](C(=O)O)[C@@H](O)[C@H](O[C@@H]7O[C@H](CO)[C@H](O)[C@H](O)[C@H]7O[C@@H]7O[C@@H](C)[C@H](O)[C@@H](O)[C@H]7O)[C@H]6O[C@@H]6O[C@H](CO)[C@@H](O)[C@H](O)[C@H]6O)C(C)(C)[C@@H]5CC[C@]43C)[C@@H]1CC(C)(C)C[C@@H]2O. The quantitative estimate of drug-likeness (QED) is 0.0482. The van der Waals surface area contributed by atoms with Gasteiger partial charge in [0.2, 0.25) is 0 Å². The Kier molecular flexibility index (Phi) is 19.3. The lowest BCUT2D eigenvalue weighted by atomic mass is 9.32. The molecular weight excluding hydrogens is 1120 g/mol. The predicted molar refractivity (Wildman–Crippen MR) is 289 cm³/mol. The summed E-state index contributed by atoms with van der Waals surface area (Å²) in [6, 6.07) is 0. The zero-order chi connectivity index (χ0) is 62.7. The van der Waals surface area contributed by atoms with E-state index in [0.717, 1.165) is 5.57 Å². The van der Waals surface area contributed by atoms with E-state index >= 15 is 0 Å².